The lowest BCUT2D eigenvalue weighted by Gasteiger charge is -2.31. The van der Waals surface area contributed by atoms with Crippen LogP contribution in [0.3, 0.4) is 0 Å². The maximum Gasteiger partial charge on any atom is 0.309 e. The fraction of sp³-hybridized carbons (Fsp3) is 0.909. The van der Waals surface area contributed by atoms with Crippen molar-refractivity contribution in [3.05, 3.63) is 0 Å². The zero-order chi connectivity index (χ0) is 11.6. The maximum atomic E-state index is 11.7. The molecule has 0 saturated heterocycles. The van der Waals surface area contributed by atoms with Crippen molar-refractivity contribution in [3.63, 3.8) is 0 Å². The molecule has 3 heteroatoms. The average Bonchev–Trinajstić information content (AvgIpc) is 2.00. The predicted molar refractivity (Wildman–Crippen MR) is 57.8 cm³/mol. The van der Waals surface area contributed by atoms with Gasteiger partial charge in [-0.3, -0.25) is 4.79 Å². The van der Waals surface area contributed by atoms with E-state index in [1.807, 2.05) is 41.5 Å². The van der Waals surface area contributed by atoms with E-state index in [9.17, 15) is 4.79 Å². The van der Waals surface area contributed by atoms with E-state index in [-0.39, 0.29) is 17.3 Å². The molecule has 0 heterocycles. The number of ether oxygens (including phenoxy) is 1. The van der Waals surface area contributed by atoms with Crippen LogP contribution in [0.4, 0.5) is 0 Å². The summed E-state index contributed by atoms with van der Waals surface area (Å²) in [5, 5.41) is 0. The normalized spacial score (nSPS) is 15.1. The van der Waals surface area contributed by atoms with Crippen molar-refractivity contribution in [3.8, 4) is 0 Å². The summed E-state index contributed by atoms with van der Waals surface area (Å²) in [6, 6.07) is 0. The van der Waals surface area contributed by atoms with Gasteiger partial charge in [-0.15, -0.1) is 0 Å². The highest BCUT2D eigenvalue weighted by Crippen LogP contribution is 2.27. The summed E-state index contributed by atoms with van der Waals surface area (Å²) in [6.45, 7) is 11.9. The van der Waals surface area contributed by atoms with Crippen LogP contribution in [0.5, 0.6) is 0 Å². The minimum absolute atomic E-state index is 0.173. The van der Waals surface area contributed by atoms with Crippen LogP contribution in [0.2, 0.25) is 0 Å². The van der Waals surface area contributed by atoms with E-state index in [1.54, 1.807) is 0 Å². The summed E-state index contributed by atoms with van der Waals surface area (Å²) in [4.78, 5) is 11.7. The molecule has 0 aromatic carbocycles. The molecule has 0 aromatic rings. The minimum atomic E-state index is -0.421. The molecule has 84 valence electrons. The van der Waals surface area contributed by atoms with Gasteiger partial charge in [-0.2, -0.15) is 0 Å². The van der Waals surface area contributed by atoms with Crippen LogP contribution < -0.4 is 5.73 Å². The molecule has 1 unspecified atom stereocenters. The van der Waals surface area contributed by atoms with Crippen LogP contribution in [0, 0.1) is 11.3 Å². The van der Waals surface area contributed by atoms with Crippen molar-refractivity contribution >= 4 is 5.97 Å². The zero-order valence-corrected chi connectivity index (χ0v) is 10.2. The number of rotatable bonds is 3. The Kier molecular flexibility index (Phi) is 4.13. The van der Waals surface area contributed by atoms with Gasteiger partial charge in [0.2, 0.25) is 0 Å². The first-order valence-electron chi connectivity index (χ1n) is 5.03. The third-order valence-corrected chi connectivity index (χ3v) is 2.46. The van der Waals surface area contributed by atoms with Crippen LogP contribution in [-0.4, -0.2) is 18.1 Å². The maximum absolute atomic E-state index is 11.7. The standard InChI is InChI=1S/C11H23NO2/c1-8(11(5,6)7-12)9(13)14-10(2,3)4/h8H,7,12H2,1-6H3. The Balaban J connectivity index is 4.41. The van der Waals surface area contributed by atoms with Crippen LogP contribution in [0.15, 0.2) is 0 Å². The second kappa shape index (κ2) is 4.30. The Hall–Kier alpha value is -0.570. The van der Waals surface area contributed by atoms with Gasteiger partial charge in [0.1, 0.15) is 5.60 Å². The first-order valence-corrected chi connectivity index (χ1v) is 5.03. The van der Waals surface area contributed by atoms with E-state index < -0.39 is 5.60 Å². The van der Waals surface area contributed by atoms with Gasteiger partial charge in [0.05, 0.1) is 5.92 Å². The Labute approximate surface area is 87.0 Å². The highest BCUT2D eigenvalue weighted by atomic mass is 16.6. The SMILES string of the molecule is CC(C(=O)OC(C)(C)C)C(C)(C)CN. The molecule has 0 aliphatic rings. The van der Waals surface area contributed by atoms with Crippen molar-refractivity contribution < 1.29 is 9.53 Å². The summed E-state index contributed by atoms with van der Waals surface area (Å²) in [5.41, 5.74) is 4.97. The molecule has 3 nitrogen and oxygen atoms in total. The molecule has 0 bridgehead atoms. The van der Waals surface area contributed by atoms with Crippen LogP contribution in [0.25, 0.3) is 0 Å². The fourth-order valence-electron chi connectivity index (χ4n) is 0.886. The lowest BCUT2D eigenvalue weighted by molar-refractivity contribution is -0.163. The van der Waals surface area contributed by atoms with Crippen molar-refractivity contribution in [2.24, 2.45) is 17.1 Å². The van der Waals surface area contributed by atoms with E-state index in [0.717, 1.165) is 0 Å². The molecule has 0 aliphatic carbocycles. The monoisotopic (exact) mass is 201 g/mol. The first-order chi connectivity index (χ1) is 6.10. The lowest BCUT2D eigenvalue weighted by Crippen LogP contribution is -2.39. The Bertz CT molecular complexity index is 204. The van der Waals surface area contributed by atoms with E-state index in [2.05, 4.69) is 0 Å². The van der Waals surface area contributed by atoms with Crippen molar-refractivity contribution in [1.82, 2.24) is 0 Å². The Morgan fingerprint density at radius 2 is 1.71 bits per heavy atom. The average molecular weight is 201 g/mol. The van der Waals surface area contributed by atoms with E-state index >= 15 is 0 Å². The molecule has 2 N–H and O–H groups in total. The van der Waals surface area contributed by atoms with Gasteiger partial charge < -0.3 is 10.5 Å². The third kappa shape index (κ3) is 4.09. The molecule has 0 spiro atoms. The molecular formula is C11H23NO2. The van der Waals surface area contributed by atoms with Crippen LogP contribution in [0.1, 0.15) is 41.5 Å². The molecule has 14 heavy (non-hydrogen) atoms. The topological polar surface area (TPSA) is 52.3 Å². The van der Waals surface area contributed by atoms with Gasteiger partial charge in [-0.25, -0.2) is 0 Å². The molecule has 0 amide bonds. The minimum Gasteiger partial charge on any atom is -0.460 e. The van der Waals surface area contributed by atoms with Gasteiger partial charge in [0.25, 0.3) is 0 Å². The number of hydrogen-bond donors (Lipinski definition) is 1. The van der Waals surface area contributed by atoms with Crippen molar-refractivity contribution in [2.75, 3.05) is 6.54 Å². The van der Waals surface area contributed by atoms with Gasteiger partial charge >= 0.3 is 5.97 Å². The lowest BCUT2D eigenvalue weighted by atomic mass is 9.80. The number of carbonyl (C=O) groups excluding carboxylic acids is 1. The smallest absolute Gasteiger partial charge is 0.309 e. The summed E-state index contributed by atoms with van der Waals surface area (Å²) >= 11 is 0. The van der Waals surface area contributed by atoms with Crippen LogP contribution in [-0.2, 0) is 9.53 Å². The molecule has 0 fully saturated rings. The molecule has 0 aromatic heterocycles. The molecule has 1 atom stereocenters. The second-order valence-corrected chi connectivity index (χ2v) is 5.45. The third-order valence-electron chi connectivity index (χ3n) is 2.46. The largest absolute Gasteiger partial charge is 0.460 e. The van der Waals surface area contributed by atoms with Gasteiger partial charge in [0.15, 0.2) is 0 Å². The molecule has 0 radical (unpaired) electrons. The summed E-state index contributed by atoms with van der Waals surface area (Å²) in [7, 11) is 0. The molecule has 0 aliphatic heterocycles. The molecular weight excluding hydrogens is 178 g/mol. The summed E-state index contributed by atoms with van der Waals surface area (Å²) in [6.07, 6.45) is 0. The highest BCUT2D eigenvalue weighted by molar-refractivity contribution is 5.73. The Morgan fingerprint density at radius 3 is 2.00 bits per heavy atom. The zero-order valence-electron chi connectivity index (χ0n) is 10.2. The predicted octanol–water partition coefficient (Wildman–Crippen LogP) is 1.95. The summed E-state index contributed by atoms with van der Waals surface area (Å²) < 4.78 is 5.29. The van der Waals surface area contributed by atoms with Gasteiger partial charge in [-0.05, 0) is 32.7 Å². The first kappa shape index (κ1) is 13.4. The van der Waals surface area contributed by atoms with Crippen molar-refractivity contribution in [2.45, 2.75) is 47.1 Å². The molecule has 0 saturated carbocycles. The Morgan fingerprint density at radius 1 is 1.29 bits per heavy atom. The van der Waals surface area contributed by atoms with Crippen LogP contribution >= 0.6 is 0 Å². The van der Waals surface area contributed by atoms with Gasteiger partial charge in [-0.1, -0.05) is 20.8 Å². The van der Waals surface area contributed by atoms with Gasteiger partial charge in [0, 0.05) is 0 Å². The number of hydrogen-bond acceptors (Lipinski definition) is 3. The highest BCUT2D eigenvalue weighted by Gasteiger charge is 2.33. The van der Waals surface area contributed by atoms with E-state index in [4.69, 9.17) is 10.5 Å². The number of nitrogens with two attached hydrogens (primary N) is 1. The molecule has 0 rings (SSSR count). The van der Waals surface area contributed by atoms with E-state index in [1.165, 1.54) is 0 Å². The van der Waals surface area contributed by atoms with E-state index in [0.29, 0.717) is 6.54 Å². The van der Waals surface area contributed by atoms with Crippen molar-refractivity contribution in [1.29, 1.82) is 0 Å². The number of esters is 1. The summed E-state index contributed by atoms with van der Waals surface area (Å²) in [5.74, 6) is -0.348. The fourth-order valence-corrected chi connectivity index (χ4v) is 0.886. The quantitative estimate of drug-likeness (QED) is 0.710. The number of carbonyl (C=O) groups is 1. The second-order valence-electron chi connectivity index (χ2n) is 5.45.